The summed E-state index contributed by atoms with van der Waals surface area (Å²) in [7, 11) is 0. The molecule has 0 radical (unpaired) electrons. The molecular weight excluding hydrogens is 470 g/mol. The molecular formula is C34H31NO3. The van der Waals surface area contributed by atoms with Gasteiger partial charge in [0.1, 0.15) is 5.76 Å². The Hall–Kier alpha value is -4.44. The Morgan fingerprint density at radius 2 is 1.32 bits per heavy atom. The van der Waals surface area contributed by atoms with Crippen LogP contribution in [0.15, 0.2) is 114 Å². The molecule has 4 heteroatoms. The highest BCUT2D eigenvalue weighted by atomic mass is 16.4. The van der Waals surface area contributed by atoms with Crippen molar-refractivity contribution in [2.24, 2.45) is 0 Å². The molecule has 0 aliphatic heterocycles. The number of carbonyl (C=O) groups is 1. The third kappa shape index (κ3) is 6.09. The van der Waals surface area contributed by atoms with Gasteiger partial charge in [-0.2, -0.15) is 0 Å². The zero-order valence-corrected chi connectivity index (χ0v) is 21.5. The number of nitrogens with zero attached hydrogens (tertiary/aromatic N) is 1. The molecule has 0 bridgehead atoms. The minimum atomic E-state index is -0.806. The maximum atomic E-state index is 12.1. The Morgan fingerprint density at radius 3 is 1.95 bits per heavy atom. The Morgan fingerprint density at radius 1 is 0.737 bits per heavy atom. The zero-order valence-electron chi connectivity index (χ0n) is 21.5. The number of carboxylic acid groups (broad SMARTS) is 1. The summed E-state index contributed by atoms with van der Waals surface area (Å²) < 4.78 is 5.88. The molecule has 0 spiro atoms. The number of benzene rings is 4. The molecule has 4 nitrogen and oxygen atoms in total. The number of aromatic nitrogens is 1. The Balaban J connectivity index is 1.18. The van der Waals surface area contributed by atoms with Crippen molar-refractivity contribution < 1.29 is 14.3 Å². The molecule has 0 aliphatic rings. The molecule has 1 atom stereocenters. The van der Waals surface area contributed by atoms with Crippen LogP contribution in [0.4, 0.5) is 0 Å². The van der Waals surface area contributed by atoms with Crippen molar-refractivity contribution in [2.45, 2.75) is 38.5 Å². The summed E-state index contributed by atoms with van der Waals surface area (Å²) in [5, 5.41) is 9.94. The van der Waals surface area contributed by atoms with Gasteiger partial charge in [0, 0.05) is 5.56 Å². The van der Waals surface area contributed by atoms with Gasteiger partial charge in [-0.3, -0.25) is 4.79 Å². The highest BCUT2D eigenvalue weighted by Crippen LogP contribution is 2.26. The van der Waals surface area contributed by atoms with Gasteiger partial charge in [-0.15, -0.1) is 0 Å². The lowest BCUT2D eigenvalue weighted by Crippen LogP contribution is -2.14. The van der Waals surface area contributed by atoms with Crippen molar-refractivity contribution in [1.29, 1.82) is 0 Å². The lowest BCUT2D eigenvalue weighted by Gasteiger charge is -2.14. The average molecular weight is 502 g/mol. The first-order valence-corrected chi connectivity index (χ1v) is 13.0. The molecule has 0 aliphatic carbocycles. The highest BCUT2D eigenvalue weighted by Gasteiger charge is 2.20. The summed E-state index contributed by atoms with van der Waals surface area (Å²) in [5.74, 6) is 0.153. The van der Waals surface area contributed by atoms with Gasteiger partial charge < -0.3 is 9.52 Å². The molecule has 5 rings (SSSR count). The number of hydrogen-bond donors (Lipinski definition) is 1. The van der Waals surface area contributed by atoms with Crippen LogP contribution >= 0.6 is 0 Å². The van der Waals surface area contributed by atoms with Crippen LogP contribution in [-0.2, 0) is 24.1 Å². The van der Waals surface area contributed by atoms with Crippen LogP contribution in [-0.4, -0.2) is 16.1 Å². The van der Waals surface area contributed by atoms with Crippen LogP contribution in [0.2, 0.25) is 0 Å². The second-order valence-corrected chi connectivity index (χ2v) is 9.64. The fourth-order valence-electron chi connectivity index (χ4n) is 4.79. The van der Waals surface area contributed by atoms with Gasteiger partial charge in [0.15, 0.2) is 0 Å². The zero-order chi connectivity index (χ0) is 26.3. The van der Waals surface area contributed by atoms with Crippen LogP contribution in [0.5, 0.6) is 0 Å². The largest absolute Gasteiger partial charge is 0.481 e. The van der Waals surface area contributed by atoms with Crippen molar-refractivity contribution in [3.05, 3.63) is 137 Å². The van der Waals surface area contributed by atoms with Crippen LogP contribution in [0.3, 0.4) is 0 Å². The standard InChI is InChI=1S/C34H31NO3/c1-24-32(35-33(38-24)30-12-6-3-7-13-30)14-8-9-25-15-17-26(18-16-25)23-31(34(36)37)29-21-19-28(20-22-29)27-10-4-2-5-11-27/h2-7,10-13,15-22,31H,8-9,14,23H2,1H3,(H,36,37). The summed E-state index contributed by atoms with van der Waals surface area (Å²) >= 11 is 0. The number of aryl methyl sites for hydroxylation is 3. The van der Waals surface area contributed by atoms with Crippen LogP contribution in [0.1, 0.15) is 40.5 Å². The van der Waals surface area contributed by atoms with E-state index in [-0.39, 0.29) is 0 Å². The van der Waals surface area contributed by atoms with Crippen LogP contribution < -0.4 is 0 Å². The normalized spacial score (nSPS) is 11.8. The van der Waals surface area contributed by atoms with Crippen molar-refractivity contribution in [3.63, 3.8) is 0 Å². The van der Waals surface area contributed by atoms with E-state index in [2.05, 4.69) is 36.4 Å². The first-order chi connectivity index (χ1) is 18.6. The Bertz CT molecular complexity index is 1470. The smallest absolute Gasteiger partial charge is 0.311 e. The van der Waals surface area contributed by atoms with Gasteiger partial charge >= 0.3 is 5.97 Å². The van der Waals surface area contributed by atoms with Crippen molar-refractivity contribution >= 4 is 5.97 Å². The topological polar surface area (TPSA) is 63.3 Å². The van der Waals surface area contributed by atoms with Crippen molar-refractivity contribution in [1.82, 2.24) is 4.98 Å². The van der Waals surface area contributed by atoms with E-state index in [9.17, 15) is 9.90 Å². The van der Waals surface area contributed by atoms with Gasteiger partial charge in [-0.25, -0.2) is 4.98 Å². The first kappa shape index (κ1) is 25.2. The summed E-state index contributed by atoms with van der Waals surface area (Å²) in [5.41, 5.74) is 7.27. The summed E-state index contributed by atoms with van der Waals surface area (Å²) in [4.78, 5) is 16.8. The van der Waals surface area contributed by atoms with E-state index in [1.165, 1.54) is 5.56 Å². The molecule has 1 aromatic heterocycles. The van der Waals surface area contributed by atoms with Crippen molar-refractivity contribution in [3.8, 4) is 22.6 Å². The summed E-state index contributed by atoms with van der Waals surface area (Å²) in [6, 6.07) is 36.3. The number of oxazole rings is 1. The molecule has 0 saturated heterocycles. The molecule has 190 valence electrons. The van der Waals surface area contributed by atoms with E-state index in [1.54, 1.807) is 0 Å². The molecule has 0 amide bonds. The number of carboxylic acids is 1. The summed E-state index contributed by atoms with van der Waals surface area (Å²) in [6.07, 6.45) is 3.20. The fourth-order valence-corrected chi connectivity index (χ4v) is 4.79. The monoisotopic (exact) mass is 501 g/mol. The maximum Gasteiger partial charge on any atom is 0.311 e. The molecule has 1 unspecified atom stereocenters. The van der Waals surface area contributed by atoms with Gasteiger partial charge in [-0.05, 0) is 72.6 Å². The van der Waals surface area contributed by atoms with E-state index < -0.39 is 11.9 Å². The summed E-state index contributed by atoms with van der Waals surface area (Å²) in [6.45, 7) is 1.97. The van der Waals surface area contributed by atoms with Crippen molar-refractivity contribution in [2.75, 3.05) is 0 Å². The SMILES string of the molecule is Cc1oc(-c2ccccc2)nc1CCCc1ccc(CC(C(=O)O)c2ccc(-c3ccccc3)cc2)cc1. The lowest BCUT2D eigenvalue weighted by molar-refractivity contribution is -0.138. The fraction of sp³-hybridized carbons (Fsp3) is 0.176. The van der Waals surface area contributed by atoms with E-state index in [0.29, 0.717) is 12.3 Å². The number of rotatable bonds is 10. The van der Waals surface area contributed by atoms with Gasteiger partial charge in [0.05, 0.1) is 11.6 Å². The second-order valence-electron chi connectivity index (χ2n) is 9.64. The Kier molecular flexibility index (Phi) is 7.79. The second kappa shape index (κ2) is 11.7. The van der Waals surface area contributed by atoms with E-state index in [0.717, 1.165) is 58.5 Å². The third-order valence-electron chi connectivity index (χ3n) is 6.97. The number of aliphatic carboxylic acids is 1. The van der Waals surface area contributed by atoms with Crippen LogP contribution in [0.25, 0.3) is 22.6 Å². The molecule has 5 aromatic rings. The molecule has 1 N–H and O–H groups in total. The average Bonchev–Trinajstić information content (AvgIpc) is 3.33. The van der Waals surface area contributed by atoms with Crippen LogP contribution in [0, 0.1) is 6.92 Å². The predicted molar refractivity (Wildman–Crippen MR) is 151 cm³/mol. The predicted octanol–water partition coefficient (Wildman–Crippen LogP) is 7.90. The molecule has 1 heterocycles. The maximum absolute atomic E-state index is 12.1. The highest BCUT2D eigenvalue weighted by molar-refractivity contribution is 5.77. The van der Waals surface area contributed by atoms with Gasteiger partial charge in [0.25, 0.3) is 0 Å². The molecule has 0 saturated carbocycles. The first-order valence-electron chi connectivity index (χ1n) is 13.0. The molecule has 38 heavy (non-hydrogen) atoms. The quantitative estimate of drug-likeness (QED) is 0.211. The Labute approximate surface area is 223 Å². The molecule has 4 aromatic carbocycles. The van der Waals surface area contributed by atoms with E-state index in [1.807, 2.05) is 79.7 Å². The molecule has 0 fully saturated rings. The third-order valence-corrected chi connectivity index (χ3v) is 6.97. The lowest BCUT2D eigenvalue weighted by atomic mass is 9.90. The number of hydrogen-bond acceptors (Lipinski definition) is 3. The minimum Gasteiger partial charge on any atom is -0.481 e. The van der Waals surface area contributed by atoms with E-state index >= 15 is 0 Å². The van der Waals surface area contributed by atoms with E-state index in [4.69, 9.17) is 9.40 Å². The van der Waals surface area contributed by atoms with Gasteiger partial charge in [-0.1, -0.05) is 97.1 Å². The van der Waals surface area contributed by atoms with Gasteiger partial charge in [0.2, 0.25) is 5.89 Å². The minimum absolute atomic E-state index is 0.459.